The van der Waals surface area contributed by atoms with Crippen LogP contribution in [0, 0.1) is 10.1 Å². The summed E-state index contributed by atoms with van der Waals surface area (Å²) in [5, 5.41) is 13.6. The fourth-order valence-electron chi connectivity index (χ4n) is 2.56. The molecule has 0 heterocycles. The van der Waals surface area contributed by atoms with Gasteiger partial charge in [0.05, 0.1) is 4.92 Å². The lowest BCUT2D eigenvalue weighted by Crippen LogP contribution is -2.48. The number of alkyl halides is 1. The maximum absolute atomic E-state index is 15.4. The summed E-state index contributed by atoms with van der Waals surface area (Å²) in [7, 11) is 0. The summed E-state index contributed by atoms with van der Waals surface area (Å²) < 4.78 is 15.4. The van der Waals surface area contributed by atoms with E-state index in [1.165, 1.54) is 24.3 Å². The zero-order valence-corrected chi connectivity index (χ0v) is 13.7. The van der Waals surface area contributed by atoms with Crippen LogP contribution in [0.15, 0.2) is 54.6 Å². The van der Waals surface area contributed by atoms with Crippen LogP contribution in [0.2, 0.25) is 0 Å². The van der Waals surface area contributed by atoms with Crippen molar-refractivity contribution in [2.24, 2.45) is 0 Å². The molecule has 0 aromatic heterocycles. The Morgan fingerprint density at radius 2 is 1.56 bits per heavy atom. The number of nitrogens with zero attached hydrogens (tertiary/aromatic N) is 1. The minimum atomic E-state index is -2.76. The van der Waals surface area contributed by atoms with Crippen LogP contribution >= 0.6 is 0 Å². The highest BCUT2D eigenvalue weighted by molar-refractivity contribution is 6.09. The number of hydrogen-bond donors (Lipinski definition) is 1. The van der Waals surface area contributed by atoms with Crippen LogP contribution in [0.3, 0.4) is 0 Å². The number of ketones is 2. The van der Waals surface area contributed by atoms with Gasteiger partial charge in [-0.2, -0.15) is 0 Å². The number of hydrogen-bond acceptors (Lipinski definition) is 5. The normalized spacial score (nSPS) is 12.3. The minimum absolute atomic E-state index is 0.119. The summed E-state index contributed by atoms with van der Waals surface area (Å²) in [5.41, 5.74) is -2.12. The highest BCUT2D eigenvalue weighted by atomic mass is 19.1. The molecule has 7 heteroatoms. The van der Waals surface area contributed by atoms with Crippen molar-refractivity contribution < 1.29 is 18.9 Å². The van der Waals surface area contributed by atoms with Crippen molar-refractivity contribution in [3.8, 4) is 0 Å². The molecule has 0 fully saturated rings. The van der Waals surface area contributed by atoms with E-state index in [4.69, 9.17) is 0 Å². The van der Waals surface area contributed by atoms with Gasteiger partial charge in [-0.05, 0) is 31.5 Å². The summed E-state index contributed by atoms with van der Waals surface area (Å²) in [5.74, 6) is -1.83. The first-order chi connectivity index (χ1) is 11.8. The van der Waals surface area contributed by atoms with E-state index in [9.17, 15) is 19.7 Å². The van der Waals surface area contributed by atoms with Crippen molar-refractivity contribution in [1.82, 2.24) is 0 Å². The fourth-order valence-corrected chi connectivity index (χ4v) is 2.56. The van der Waals surface area contributed by atoms with Gasteiger partial charge in [0.2, 0.25) is 5.67 Å². The van der Waals surface area contributed by atoms with Crippen molar-refractivity contribution in [1.29, 1.82) is 0 Å². The average molecular weight is 344 g/mol. The smallest absolute Gasteiger partial charge is 0.269 e. The van der Waals surface area contributed by atoms with Crippen LogP contribution in [-0.2, 0) is 9.59 Å². The molecule has 25 heavy (non-hydrogen) atoms. The van der Waals surface area contributed by atoms with Crippen LogP contribution < -0.4 is 5.32 Å². The van der Waals surface area contributed by atoms with Crippen LogP contribution in [0.25, 0.3) is 0 Å². The molecule has 2 aromatic rings. The molecule has 0 saturated heterocycles. The molecule has 6 nitrogen and oxygen atoms in total. The van der Waals surface area contributed by atoms with E-state index in [2.05, 4.69) is 5.32 Å². The molecule has 0 aliphatic carbocycles. The van der Waals surface area contributed by atoms with E-state index in [-0.39, 0.29) is 5.69 Å². The van der Waals surface area contributed by atoms with Gasteiger partial charge in [0.1, 0.15) is 6.04 Å². The number of carbonyl (C=O) groups excluding carboxylic acids is 2. The standard InChI is InChI=1S/C18H17FN2O4/c1-12(22)18(19,13(2)23)17(14-6-4-3-5-7-14)20-15-8-10-16(11-9-15)21(24)25/h3-11,17,20H,1-2H3. The highest BCUT2D eigenvalue weighted by Crippen LogP contribution is 2.35. The Kier molecular flexibility index (Phi) is 5.26. The van der Waals surface area contributed by atoms with E-state index in [1.807, 2.05) is 0 Å². The molecule has 2 rings (SSSR count). The van der Waals surface area contributed by atoms with Crippen molar-refractivity contribution in [2.75, 3.05) is 5.32 Å². The van der Waals surface area contributed by atoms with Gasteiger partial charge in [0.25, 0.3) is 5.69 Å². The lowest BCUT2D eigenvalue weighted by atomic mass is 9.84. The first-order valence-corrected chi connectivity index (χ1v) is 7.53. The van der Waals surface area contributed by atoms with Crippen LogP contribution in [0.1, 0.15) is 25.5 Å². The number of anilines is 1. The minimum Gasteiger partial charge on any atom is -0.374 e. The topological polar surface area (TPSA) is 89.3 Å². The number of rotatable bonds is 7. The second-order valence-electron chi connectivity index (χ2n) is 5.62. The summed E-state index contributed by atoms with van der Waals surface area (Å²) in [6.45, 7) is 2.05. The van der Waals surface area contributed by atoms with Gasteiger partial charge in [-0.3, -0.25) is 19.7 Å². The lowest BCUT2D eigenvalue weighted by molar-refractivity contribution is -0.384. The number of nitro benzene ring substituents is 1. The Morgan fingerprint density at radius 1 is 1.04 bits per heavy atom. The summed E-state index contributed by atoms with van der Waals surface area (Å²) in [6, 6.07) is 12.3. The number of halogens is 1. The lowest BCUT2D eigenvalue weighted by Gasteiger charge is -2.31. The SMILES string of the molecule is CC(=O)C(F)(C(C)=O)C(Nc1ccc([N+](=O)[O-])cc1)c1ccccc1. The predicted molar refractivity (Wildman–Crippen MR) is 91.1 cm³/mol. The van der Waals surface area contributed by atoms with Gasteiger partial charge >= 0.3 is 0 Å². The molecule has 1 unspecified atom stereocenters. The second kappa shape index (κ2) is 7.21. The number of benzene rings is 2. The van der Waals surface area contributed by atoms with Crippen molar-refractivity contribution in [3.05, 3.63) is 70.3 Å². The largest absolute Gasteiger partial charge is 0.374 e. The first-order valence-electron chi connectivity index (χ1n) is 7.53. The number of nitrogens with one attached hydrogen (secondary N) is 1. The molecular weight excluding hydrogens is 327 g/mol. The molecule has 1 atom stereocenters. The summed E-state index contributed by atoms with van der Waals surface area (Å²) in [6.07, 6.45) is 0. The van der Waals surface area contributed by atoms with Gasteiger partial charge in [-0.15, -0.1) is 0 Å². The Hall–Kier alpha value is -3.09. The van der Waals surface area contributed by atoms with Gasteiger partial charge < -0.3 is 5.32 Å². The Balaban J connectivity index is 2.47. The molecule has 0 saturated carbocycles. The molecule has 0 spiro atoms. The van der Waals surface area contributed by atoms with E-state index in [1.54, 1.807) is 30.3 Å². The zero-order valence-electron chi connectivity index (χ0n) is 13.7. The van der Waals surface area contributed by atoms with Gasteiger partial charge in [-0.1, -0.05) is 30.3 Å². The third kappa shape index (κ3) is 3.71. The Morgan fingerprint density at radius 3 is 2.00 bits per heavy atom. The molecule has 130 valence electrons. The van der Waals surface area contributed by atoms with E-state index in [0.29, 0.717) is 11.3 Å². The quantitative estimate of drug-likeness (QED) is 0.470. The van der Waals surface area contributed by atoms with Crippen LogP contribution in [0.4, 0.5) is 15.8 Å². The van der Waals surface area contributed by atoms with Crippen molar-refractivity contribution >= 4 is 22.9 Å². The zero-order chi connectivity index (χ0) is 18.6. The van der Waals surface area contributed by atoms with E-state index in [0.717, 1.165) is 13.8 Å². The Bertz CT molecular complexity index is 776. The summed E-state index contributed by atoms with van der Waals surface area (Å²) >= 11 is 0. The molecule has 0 aliphatic rings. The molecule has 0 radical (unpaired) electrons. The number of Topliss-reactive ketones (excluding diaryl/α,β-unsaturated/α-hetero) is 2. The van der Waals surface area contributed by atoms with Crippen LogP contribution in [0.5, 0.6) is 0 Å². The first kappa shape index (κ1) is 18.3. The number of nitro groups is 1. The third-order valence-corrected chi connectivity index (χ3v) is 3.94. The van der Waals surface area contributed by atoms with Crippen molar-refractivity contribution in [3.63, 3.8) is 0 Å². The predicted octanol–water partition coefficient (Wildman–Crippen LogP) is 3.63. The van der Waals surface area contributed by atoms with Gasteiger partial charge in [0.15, 0.2) is 11.6 Å². The molecule has 1 N–H and O–H groups in total. The van der Waals surface area contributed by atoms with E-state index >= 15 is 4.39 Å². The average Bonchev–Trinajstić information content (AvgIpc) is 2.59. The monoisotopic (exact) mass is 344 g/mol. The van der Waals surface area contributed by atoms with Crippen molar-refractivity contribution in [2.45, 2.75) is 25.6 Å². The molecule has 0 aliphatic heterocycles. The van der Waals surface area contributed by atoms with E-state index < -0.39 is 28.2 Å². The maximum Gasteiger partial charge on any atom is 0.269 e. The second-order valence-corrected chi connectivity index (χ2v) is 5.62. The van der Waals surface area contributed by atoms with Gasteiger partial charge in [-0.25, -0.2) is 4.39 Å². The molecule has 0 bridgehead atoms. The van der Waals surface area contributed by atoms with Crippen LogP contribution in [-0.4, -0.2) is 22.2 Å². The molecule has 0 amide bonds. The molecular formula is C18H17FN2O4. The Labute approximate surface area is 143 Å². The number of non-ortho nitro benzene ring substituents is 1. The molecule has 2 aromatic carbocycles. The maximum atomic E-state index is 15.4. The van der Waals surface area contributed by atoms with Gasteiger partial charge in [0, 0.05) is 17.8 Å². The highest BCUT2D eigenvalue weighted by Gasteiger charge is 2.49. The number of carbonyl (C=O) groups is 2. The summed E-state index contributed by atoms with van der Waals surface area (Å²) in [4.78, 5) is 34.0. The fraction of sp³-hybridized carbons (Fsp3) is 0.222. The third-order valence-electron chi connectivity index (χ3n) is 3.94.